The number of benzene rings is 1. The molecule has 1 aliphatic carbocycles. The van der Waals surface area contributed by atoms with Crippen molar-refractivity contribution in [2.75, 3.05) is 11.9 Å². The SMILES string of the molecule is O=C(NCC1CCCC1CBr)c1cc(F)cc([N+](=O)[O-])c1. The van der Waals surface area contributed by atoms with Gasteiger partial charge in [0.15, 0.2) is 0 Å². The molecule has 0 bridgehead atoms. The predicted molar refractivity (Wildman–Crippen MR) is 80.0 cm³/mol. The fraction of sp³-hybridized carbons (Fsp3) is 0.500. The van der Waals surface area contributed by atoms with Gasteiger partial charge < -0.3 is 5.32 Å². The first-order chi connectivity index (χ1) is 10.0. The van der Waals surface area contributed by atoms with Crippen LogP contribution in [0.15, 0.2) is 18.2 Å². The highest BCUT2D eigenvalue weighted by Gasteiger charge is 2.26. The van der Waals surface area contributed by atoms with Gasteiger partial charge in [0.1, 0.15) is 5.82 Å². The fourth-order valence-electron chi connectivity index (χ4n) is 2.72. The van der Waals surface area contributed by atoms with Gasteiger partial charge in [0.25, 0.3) is 11.6 Å². The van der Waals surface area contributed by atoms with Gasteiger partial charge in [-0.1, -0.05) is 22.4 Å². The van der Waals surface area contributed by atoms with Crippen molar-refractivity contribution in [1.82, 2.24) is 5.32 Å². The summed E-state index contributed by atoms with van der Waals surface area (Å²) in [4.78, 5) is 22.0. The van der Waals surface area contributed by atoms with Crippen molar-refractivity contribution in [2.45, 2.75) is 19.3 Å². The number of hydrogen-bond donors (Lipinski definition) is 1. The maximum Gasteiger partial charge on any atom is 0.273 e. The Balaban J connectivity index is 2.02. The number of nitro benzene ring substituents is 1. The highest BCUT2D eigenvalue weighted by Crippen LogP contribution is 2.32. The van der Waals surface area contributed by atoms with Crippen molar-refractivity contribution < 1.29 is 14.1 Å². The molecule has 114 valence electrons. The average Bonchev–Trinajstić information content (AvgIpc) is 2.91. The third-order valence-electron chi connectivity index (χ3n) is 3.90. The molecule has 1 fully saturated rings. The van der Waals surface area contributed by atoms with Gasteiger partial charge in [0, 0.05) is 23.5 Å². The number of carbonyl (C=O) groups excluding carboxylic acids is 1. The number of carbonyl (C=O) groups is 1. The average molecular weight is 359 g/mol. The molecule has 0 radical (unpaired) electrons. The largest absolute Gasteiger partial charge is 0.352 e. The zero-order chi connectivity index (χ0) is 15.4. The molecule has 1 aromatic rings. The summed E-state index contributed by atoms with van der Waals surface area (Å²) in [6.45, 7) is 0.513. The van der Waals surface area contributed by atoms with Gasteiger partial charge in [0.05, 0.1) is 11.0 Å². The second kappa shape index (κ2) is 6.98. The molecule has 2 unspecified atom stereocenters. The predicted octanol–water partition coefficient (Wildman–Crippen LogP) is 3.27. The summed E-state index contributed by atoms with van der Waals surface area (Å²) in [5.74, 6) is -0.324. The molecular formula is C14H16BrFN2O3. The van der Waals surface area contributed by atoms with Gasteiger partial charge in [-0.3, -0.25) is 14.9 Å². The minimum absolute atomic E-state index is 0.0184. The van der Waals surface area contributed by atoms with E-state index in [1.807, 2.05) is 0 Å². The Bertz CT molecular complexity index is 553. The molecule has 1 amide bonds. The van der Waals surface area contributed by atoms with Crippen molar-refractivity contribution in [1.29, 1.82) is 0 Å². The molecule has 0 aliphatic heterocycles. The van der Waals surface area contributed by atoms with Crippen molar-refractivity contribution in [3.63, 3.8) is 0 Å². The van der Waals surface area contributed by atoms with Crippen molar-refractivity contribution in [2.24, 2.45) is 11.8 Å². The maximum absolute atomic E-state index is 13.3. The van der Waals surface area contributed by atoms with E-state index >= 15 is 0 Å². The van der Waals surface area contributed by atoms with Crippen LogP contribution in [0.3, 0.4) is 0 Å². The molecule has 0 aromatic heterocycles. The Morgan fingerprint density at radius 1 is 1.38 bits per heavy atom. The van der Waals surface area contributed by atoms with E-state index in [4.69, 9.17) is 0 Å². The van der Waals surface area contributed by atoms with Gasteiger partial charge in [-0.25, -0.2) is 4.39 Å². The van der Waals surface area contributed by atoms with Crippen LogP contribution in [0.4, 0.5) is 10.1 Å². The molecule has 2 rings (SSSR count). The van der Waals surface area contributed by atoms with Gasteiger partial charge >= 0.3 is 0 Å². The summed E-state index contributed by atoms with van der Waals surface area (Å²) >= 11 is 3.47. The van der Waals surface area contributed by atoms with Crippen LogP contribution in [0.2, 0.25) is 0 Å². The number of amides is 1. The molecule has 5 nitrogen and oxygen atoms in total. The van der Waals surface area contributed by atoms with Crippen LogP contribution < -0.4 is 5.32 Å². The summed E-state index contributed by atoms with van der Waals surface area (Å²) in [6, 6.07) is 2.91. The van der Waals surface area contributed by atoms with Gasteiger partial charge in [0.2, 0.25) is 0 Å². The summed E-state index contributed by atoms with van der Waals surface area (Å²) in [5, 5.41) is 14.3. The number of nitrogens with one attached hydrogen (secondary N) is 1. The lowest BCUT2D eigenvalue weighted by atomic mass is 9.98. The highest BCUT2D eigenvalue weighted by molar-refractivity contribution is 9.09. The Morgan fingerprint density at radius 3 is 2.76 bits per heavy atom. The highest BCUT2D eigenvalue weighted by atomic mass is 79.9. The molecule has 0 spiro atoms. The third kappa shape index (κ3) is 4.00. The normalized spacial score (nSPS) is 21.2. The summed E-state index contributed by atoms with van der Waals surface area (Å²) in [7, 11) is 0. The minimum Gasteiger partial charge on any atom is -0.352 e. The van der Waals surface area contributed by atoms with E-state index in [0.717, 1.165) is 42.8 Å². The molecule has 7 heteroatoms. The topological polar surface area (TPSA) is 72.2 Å². The quantitative estimate of drug-likeness (QED) is 0.498. The molecule has 21 heavy (non-hydrogen) atoms. The van der Waals surface area contributed by atoms with Crippen LogP contribution in [0.1, 0.15) is 29.6 Å². The van der Waals surface area contributed by atoms with Gasteiger partial charge in [-0.05, 0) is 30.7 Å². The standard InChI is InChI=1S/C14H16BrFN2O3/c15-7-9-2-1-3-10(9)8-17-14(19)11-4-12(16)6-13(5-11)18(20)21/h4-6,9-10H,1-3,7-8H2,(H,17,19). The lowest BCUT2D eigenvalue weighted by Gasteiger charge is -2.17. The first kappa shape index (κ1) is 15.9. The number of nitrogens with zero attached hydrogens (tertiary/aromatic N) is 1. The van der Waals surface area contributed by atoms with E-state index < -0.39 is 22.3 Å². The van der Waals surface area contributed by atoms with E-state index in [1.165, 1.54) is 0 Å². The number of halogens is 2. The Labute approximate surface area is 130 Å². The van der Waals surface area contributed by atoms with Crippen LogP contribution in [0, 0.1) is 27.8 Å². The lowest BCUT2D eigenvalue weighted by Crippen LogP contribution is -2.31. The lowest BCUT2D eigenvalue weighted by molar-refractivity contribution is -0.385. The van der Waals surface area contributed by atoms with Gasteiger partial charge in [-0.2, -0.15) is 0 Å². The number of nitro groups is 1. The molecule has 2 atom stereocenters. The number of hydrogen-bond acceptors (Lipinski definition) is 3. The number of rotatable bonds is 5. The third-order valence-corrected chi connectivity index (χ3v) is 4.73. The second-order valence-electron chi connectivity index (χ2n) is 5.27. The minimum atomic E-state index is -0.784. The van der Waals surface area contributed by atoms with E-state index in [9.17, 15) is 19.3 Å². The van der Waals surface area contributed by atoms with Crippen molar-refractivity contribution >= 4 is 27.5 Å². The van der Waals surface area contributed by atoms with Crippen LogP contribution in [-0.2, 0) is 0 Å². The first-order valence-corrected chi connectivity index (χ1v) is 7.92. The van der Waals surface area contributed by atoms with Crippen LogP contribution in [-0.4, -0.2) is 22.7 Å². The zero-order valence-corrected chi connectivity index (χ0v) is 12.9. The number of non-ortho nitro benzene ring substituents is 1. The summed E-state index contributed by atoms with van der Waals surface area (Å²) in [6.07, 6.45) is 3.33. The molecule has 1 aromatic carbocycles. The Kier molecular flexibility index (Phi) is 5.27. The summed E-state index contributed by atoms with van der Waals surface area (Å²) < 4.78 is 13.3. The van der Waals surface area contributed by atoms with Crippen LogP contribution >= 0.6 is 15.9 Å². The smallest absolute Gasteiger partial charge is 0.273 e. The first-order valence-electron chi connectivity index (χ1n) is 6.80. The Morgan fingerprint density at radius 2 is 2.10 bits per heavy atom. The van der Waals surface area contributed by atoms with E-state index in [0.29, 0.717) is 18.4 Å². The molecule has 1 saturated carbocycles. The van der Waals surface area contributed by atoms with Gasteiger partial charge in [-0.15, -0.1) is 0 Å². The molecule has 0 saturated heterocycles. The zero-order valence-electron chi connectivity index (χ0n) is 11.4. The molecular weight excluding hydrogens is 343 g/mol. The van der Waals surface area contributed by atoms with E-state index in [-0.39, 0.29) is 5.56 Å². The monoisotopic (exact) mass is 358 g/mol. The molecule has 1 N–H and O–H groups in total. The van der Waals surface area contributed by atoms with Crippen LogP contribution in [0.25, 0.3) is 0 Å². The van der Waals surface area contributed by atoms with Crippen molar-refractivity contribution in [3.8, 4) is 0 Å². The Hall–Kier alpha value is -1.50. The molecule has 1 aliphatic rings. The summed E-state index contributed by atoms with van der Waals surface area (Å²) in [5.41, 5.74) is -0.436. The fourth-order valence-corrected chi connectivity index (χ4v) is 3.57. The second-order valence-corrected chi connectivity index (χ2v) is 5.92. The van der Waals surface area contributed by atoms with E-state index in [2.05, 4.69) is 21.2 Å². The van der Waals surface area contributed by atoms with E-state index in [1.54, 1.807) is 0 Å². The van der Waals surface area contributed by atoms with Crippen molar-refractivity contribution in [3.05, 3.63) is 39.7 Å². The number of alkyl halides is 1. The molecule has 0 heterocycles. The van der Waals surface area contributed by atoms with Crippen LogP contribution in [0.5, 0.6) is 0 Å². The maximum atomic E-state index is 13.3.